The van der Waals surface area contributed by atoms with Crippen LogP contribution in [0.15, 0.2) is 11.1 Å². The number of carbonyl (C=O) groups is 3. The highest BCUT2D eigenvalue weighted by Crippen LogP contribution is 2.03. The lowest BCUT2D eigenvalue weighted by molar-refractivity contribution is -0.133. The Hall–Kier alpha value is -2.29. The molecule has 3 N–H and O–H groups in total. The molecule has 0 saturated carbocycles. The fourth-order valence-electron chi connectivity index (χ4n) is 1.21. The maximum atomic E-state index is 11.6. The molecule has 0 aromatic heterocycles. The van der Waals surface area contributed by atoms with Crippen LogP contribution in [-0.4, -0.2) is 29.1 Å². The van der Waals surface area contributed by atoms with Gasteiger partial charge in [0.25, 0.3) is 5.91 Å². The minimum absolute atomic E-state index is 0.0320. The molecule has 0 saturated heterocycles. The van der Waals surface area contributed by atoms with E-state index >= 15 is 0 Å². The van der Waals surface area contributed by atoms with Crippen LogP contribution in [0.25, 0.3) is 0 Å². The summed E-state index contributed by atoms with van der Waals surface area (Å²) in [5.74, 6) is 0.421. The lowest BCUT2D eigenvalue weighted by atomic mass is 10.1. The van der Waals surface area contributed by atoms with Gasteiger partial charge in [-0.15, -0.1) is 6.42 Å². The summed E-state index contributed by atoms with van der Waals surface area (Å²) in [5, 5.41) is 13.2. The molecule has 0 rings (SSSR count). The van der Waals surface area contributed by atoms with Gasteiger partial charge in [0.2, 0.25) is 0 Å². The second-order valence-corrected chi connectivity index (χ2v) is 3.99. The largest absolute Gasteiger partial charge is 0.478 e. The van der Waals surface area contributed by atoms with Gasteiger partial charge in [-0.1, -0.05) is 19.3 Å². The molecule has 0 aliphatic carbocycles. The molecule has 0 bridgehead atoms. The minimum Gasteiger partial charge on any atom is -0.478 e. The number of rotatable bonds is 5. The molecular formula is C13H18N2O4. The lowest BCUT2D eigenvalue weighted by Gasteiger charge is -2.12. The van der Waals surface area contributed by atoms with Crippen LogP contribution < -0.4 is 10.6 Å². The summed E-state index contributed by atoms with van der Waals surface area (Å²) >= 11 is 0. The van der Waals surface area contributed by atoms with Crippen molar-refractivity contribution >= 4 is 17.9 Å². The Kier molecular flexibility index (Phi) is 6.97. The van der Waals surface area contributed by atoms with Crippen LogP contribution in [0.3, 0.4) is 0 Å². The van der Waals surface area contributed by atoms with Crippen molar-refractivity contribution < 1.29 is 19.5 Å². The molecule has 6 heteroatoms. The van der Waals surface area contributed by atoms with Crippen molar-refractivity contribution in [3.05, 3.63) is 11.1 Å². The van der Waals surface area contributed by atoms with E-state index in [-0.39, 0.29) is 11.1 Å². The predicted octanol–water partition coefficient (Wildman–Crippen LogP) is 1.04. The fourth-order valence-corrected chi connectivity index (χ4v) is 1.21. The molecule has 19 heavy (non-hydrogen) atoms. The average molecular weight is 266 g/mol. The number of aliphatic carboxylic acids is 1. The number of urea groups is 1. The van der Waals surface area contributed by atoms with Crippen molar-refractivity contribution in [1.82, 2.24) is 10.6 Å². The number of hydrogen-bond donors (Lipinski definition) is 3. The van der Waals surface area contributed by atoms with Gasteiger partial charge in [-0.3, -0.25) is 10.1 Å². The molecule has 3 amide bonds. The van der Waals surface area contributed by atoms with Gasteiger partial charge in [0.15, 0.2) is 0 Å². The molecular weight excluding hydrogens is 248 g/mol. The van der Waals surface area contributed by atoms with Gasteiger partial charge in [-0.05, 0) is 20.3 Å². The smallest absolute Gasteiger partial charge is 0.331 e. The zero-order valence-electron chi connectivity index (χ0n) is 11.2. The molecule has 0 heterocycles. The van der Waals surface area contributed by atoms with Crippen molar-refractivity contribution in [2.45, 2.75) is 39.7 Å². The summed E-state index contributed by atoms with van der Waals surface area (Å²) in [5.41, 5.74) is -0.150. The van der Waals surface area contributed by atoms with Crippen LogP contribution in [0.1, 0.15) is 33.6 Å². The summed E-state index contributed by atoms with van der Waals surface area (Å²) < 4.78 is 0. The Balaban J connectivity index is 4.59. The SMILES string of the molecule is C#CC(CCC)NC(=O)NC(=O)C(C)=C(C)C(=O)O. The second-order valence-electron chi connectivity index (χ2n) is 3.99. The number of terminal acetylenes is 1. The zero-order valence-corrected chi connectivity index (χ0v) is 11.2. The van der Waals surface area contributed by atoms with Gasteiger partial charge < -0.3 is 10.4 Å². The number of amides is 3. The first kappa shape index (κ1) is 16.7. The van der Waals surface area contributed by atoms with Crippen LogP contribution in [0.5, 0.6) is 0 Å². The Morgan fingerprint density at radius 1 is 1.26 bits per heavy atom. The van der Waals surface area contributed by atoms with Crippen LogP contribution in [0.2, 0.25) is 0 Å². The normalized spacial score (nSPS) is 12.7. The summed E-state index contributed by atoms with van der Waals surface area (Å²) in [6.07, 6.45) is 6.61. The third kappa shape index (κ3) is 5.73. The molecule has 0 aliphatic heterocycles. The molecule has 1 unspecified atom stereocenters. The molecule has 6 nitrogen and oxygen atoms in total. The van der Waals surface area contributed by atoms with Crippen LogP contribution >= 0.6 is 0 Å². The maximum Gasteiger partial charge on any atom is 0.331 e. The van der Waals surface area contributed by atoms with E-state index in [1.165, 1.54) is 13.8 Å². The van der Waals surface area contributed by atoms with Crippen molar-refractivity contribution in [2.75, 3.05) is 0 Å². The number of carboxylic acid groups (broad SMARTS) is 1. The first-order valence-electron chi connectivity index (χ1n) is 5.82. The Morgan fingerprint density at radius 3 is 2.26 bits per heavy atom. The third-order valence-corrected chi connectivity index (χ3v) is 2.53. The Labute approximate surface area is 112 Å². The van der Waals surface area contributed by atoms with E-state index in [2.05, 4.69) is 11.2 Å². The topological polar surface area (TPSA) is 95.5 Å². The summed E-state index contributed by atoms with van der Waals surface area (Å²) in [4.78, 5) is 33.7. The van der Waals surface area contributed by atoms with E-state index in [9.17, 15) is 14.4 Å². The van der Waals surface area contributed by atoms with Crippen molar-refractivity contribution in [3.8, 4) is 12.3 Å². The highest BCUT2D eigenvalue weighted by molar-refractivity contribution is 6.07. The molecule has 0 spiro atoms. The van der Waals surface area contributed by atoms with E-state index in [0.29, 0.717) is 6.42 Å². The zero-order chi connectivity index (χ0) is 15.0. The lowest BCUT2D eigenvalue weighted by Crippen LogP contribution is -2.44. The molecule has 104 valence electrons. The molecule has 0 aliphatic rings. The Bertz CT molecular complexity index is 446. The standard InChI is InChI=1S/C13H18N2O4/c1-5-7-10(6-2)14-13(19)15-11(16)8(3)9(4)12(17)18/h2,10H,5,7H2,1,3-4H3,(H,17,18)(H2,14,15,16,19). The average Bonchev–Trinajstić information content (AvgIpc) is 2.35. The summed E-state index contributed by atoms with van der Waals surface area (Å²) in [7, 11) is 0. The van der Waals surface area contributed by atoms with Crippen LogP contribution in [-0.2, 0) is 9.59 Å². The molecule has 0 fully saturated rings. The van der Waals surface area contributed by atoms with Crippen LogP contribution in [0.4, 0.5) is 4.79 Å². The summed E-state index contributed by atoms with van der Waals surface area (Å²) in [6.45, 7) is 4.53. The first-order valence-corrected chi connectivity index (χ1v) is 5.82. The highest BCUT2D eigenvalue weighted by Gasteiger charge is 2.16. The molecule has 1 atom stereocenters. The van der Waals surface area contributed by atoms with Gasteiger partial charge in [-0.25, -0.2) is 9.59 Å². The van der Waals surface area contributed by atoms with Crippen LogP contribution in [0, 0.1) is 12.3 Å². The first-order chi connectivity index (χ1) is 8.83. The number of carboxylic acids is 1. The van der Waals surface area contributed by atoms with Gasteiger partial charge in [0.1, 0.15) is 0 Å². The van der Waals surface area contributed by atoms with E-state index in [1.54, 1.807) is 0 Å². The molecule has 0 aromatic carbocycles. The van der Waals surface area contributed by atoms with Gasteiger partial charge >= 0.3 is 12.0 Å². The fraction of sp³-hybridized carbons (Fsp3) is 0.462. The molecule has 0 radical (unpaired) electrons. The van der Waals surface area contributed by atoms with E-state index in [4.69, 9.17) is 11.5 Å². The predicted molar refractivity (Wildman–Crippen MR) is 70.2 cm³/mol. The quantitative estimate of drug-likeness (QED) is 0.511. The van der Waals surface area contributed by atoms with Gasteiger partial charge in [0, 0.05) is 11.1 Å². The number of nitrogens with one attached hydrogen (secondary N) is 2. The summed E-state index contributed by atoms with van der Waals surface area (Å²) in [6, 6.07) is -1.19. The number of imide groups is 1. The highest BCUT2D eigenvalue weighted by atomic mass is 16.4. The third-order valence-electron chi connectivity index (χ3n) is 2.53. The number of carbonyl (C=O) groups excluding carboxylic acids is 2. The Morgan fingerprint density at radius 2 is 1.84 bits per heavy atom. The monoisotopic (exact) mass is 266 g/mol. The van der Waals surface area contributed by atoms with E-state index in [1.807, 2.05) is 12.2 Å². The van der Waals surface area contributed by atoms with E-state index < -0.39 is 23.9 Å². The van der Waals surface area contributed by atoms with Crippen molar-refractivity contribution in [1.29, 1.82) is 0 Å². The second kappa shape index (κ2) is 7.93. The van der Waals surface area contributed by atoms with Gasteiger partial charge in [0.05, 0.1) is 6.04 Å². The van der Waals surface area contributed by atoms with E-state index in [0.717, 1.165) is 6.42 Å². The van der Waals surface area contributed by atoms with Gasteiger partial charge in [-0.2, -0.15) is 0 Å². The minimum atomic E-state index is -1.21. The molecule has 0 aromatic rings. The number of hydrogen-bond acceptors (Lipinski definition) is 3. The van der Waals surface area contributed by atoms with Crippen molar-refractivity contribution in [3.63, 3.8) is 0 Å². The maximum absolute atomic E-state index is 11.6. The van der Waals surface area contributed by atoms with Crippen molar-refractivity contribution in [2.24, 2.45) is 0 Å².